The number of fused-ring (bicyclic) bond motifs is 1. The van der Waals surface area contributed by atoms with Crippen LogP contribution in [0.5, 0.6) is 0 Å². The summed E-state index contributed by atoms with van der Waals surface area (Å²) < 4.78 is 30.7. The number of ether oxygens (including phenoxy) is 1. The van der Waals surface area contributed by atoms with Gasteiger partial charge in [0.1, 0.15) is 6.54 Å². The molecule has 1 N–H and O–H groups in total. The van der Waals surface area contributed by atoms with Crippen molar-refractivity contribution in [3.63, 3.8) is 0 Å². The summed E-state index contributed by atoms with van der Waals surface area (Å²) in [7, 11) is -3.77. The van der Waals surface area contributed by atoms with E-state index in [1.165, 1.54) is 57.2 Å². The monoisotopic (exact) mass is 461 g/mol. The summed E-state index contributed by atoms with van der Waals surface area (Å²) in [6.45, 7) is 6.14. The van der Waals surface area contributed by atoms with Gasteiger partial charge in [-0.1, -0.05) is 0 Å². The summed E-state index contributed by atoms with van der Waals surface area (Å²) in [6.07, 6.45) is 0. The molecule has 11 nitrogen and oxygen atoms in total. The average Bonchev–Trinajstić information content (AvgIpc) is 3.02. The number of esters is 1. The van der Waals surface area contributed by atoms with Crippen molar-refractivity contribution in [3.8, 4) is 0 Å². The van der Waals surface area contributed by atoms with Gasteiger partial charge in [0.25, 0.3) is 0 Å². The Morgan fingerprint density at radius 2 is 1.72 bits per heavy atom. The molecule has 2 heterocycles. The molecule has 3 rings (SSSR count). The molecule has 0 spiro atoms. The van der Waals surface area contributed by atoms with Crippen LogP contribution in [0.4, 0.5) is 5.69 Å². The van der Waals surface area contributed by atoms with Gasteiger partial charge in [-0.05, 0) is 64.1 Å². The molecule has 0 aliphatic rings. The van der Waals surface area contributed by atoms with E-state index in [2.05, 4.69) is 15.5 Å². The van der Waals surface area contributed by atoms with E-state index < -0.39 is 38.7 Å². The summed E-state index contributed by atoms with van der Waals surface area (Å²) in [6, 6.07) is 8.70. The van der Waals surface area contributed by atoms with Crippen molar-refractivity contribution in [2.24, 2.45) is 0 Å². The standard InChI is InChI=1S/C20H23N5O6S/c1-5-31-18(27)13-6-8-14(9-7-13)21-16(26)12-24-19(28)25-15(22-24)10-11-17(23-25)32(29,30)20(2,3)4/h6-11H,5,12H2,1-4H3,(H,21,26). The summed E-state index contributed by atoms with van der Waals surface area (Å²) in [5.41, 5.74) is 0.110. The van der Waals surface area contributed by atoms with Crippen LogP contribution in [0.15, 0.2) is 46.2 Å². The molecule has 0 bridgehead atoms. The summed E-state index contributed by atoms with van der Waals surface area (Å²) in [5.74, 6) is -1.01. The molecule has 0 unspecified atom stereocenters. The van der Waals surface area contributed by atoms with Crippen LogP contribution in [0, 0.1) is 0 Å². The Morgan fingerprint density at radius 1 is 1.06 bits per heavy atom. The fraction of sp³-hybridized carbons (Fsp3) is 0.350. The molecular weight excluding hydrogens is 438 g/mol. The van der Waals surface area contributed by atoms with Crippen molar-refractivity contribution in [3.05, 3.63) is 52.4 Å². The van der Waals surface area contributed by atoms with Gasteiger partial charge in [0.05, 0.1) is 16.9 Å². The second-order valence-electron chi connectivity index (χ2n) is 7.84. The first-order chi connectivity index (χ1) is 14.9. The van der Waals surface area contributed by atoms with Crippen molar-refractivity contribution in [2.45, 2.75) is 44.0 Å². The molecule has 32 heavy (non-hydrogen) atoms. The number of hydrogen-bond donors (Lipinski definition) is 1. The number of nitrogens with zero attached hydrogens (tertiary/aromatic N) is 4. The Balaban J connectivity index is 1.79. The number of carbonyl (C=O) groups is 2. The van der Waals surface area contributed by atoms with Crippen LogP contribution in [0.3, 0.4) is 0 Å². The molecule has 0 fully saturated rings. The van der Waals surface area contributed by atoms with Gasteiger partial charge in [-0.15, -0.1) is 10.2 Å². The van der Waals surface area contributed by atoms with Gasteiger partial charge in [-0.2, -0.15) is 4.52 Å². The molecular formula is C20H23N5O6S. The number of carbonyl (C=O) groups excluding carboxylic acids is 2. The minimum atomic E-state index is -3.77. The molecule has 0 radical (unpaired) electrons. The predicted octanol–water partition coefficient (Wildman–Crippen LogP) is 1.28. The number of nitrogens with one attached hydrogen (secondary N) is 1. The van der Waals surface area contributed by atoms with Gasteiger partial charge in [-0.25, -0.2) is 22.7 Å². The van der Waals surface area contributed by atoms with Crippen molar-refractivity contribution in [2.75, 3.05) is 11.9 Å². The zero-order valence-electron chi connectivity index (χ0n) is 18.0. The number of sulfone groups is 1. The van der Waals surface area contributed by atoms with Crippen LogP contribution in [-0.2, 0) is 25.9 Å². The lowest BCUT2D eigenvalue weighted by atomic mass is 10.2. The quantitative estimate of drug-likeness (QED) is 0.541. The molecule has 0 atom stereocenters. The van der Waals surface area contributed by atoms with Crippen LogP contribution in [0.2, 0.25) is 0 Å². The highest BCUT2D eigenvalue weighted by Gasteiger charge is 2.33. The van der Waals surface area contributed by atoms with E-state index in [-0.39, 0.29) is 17.3 Å². The van der Waals surface area contributed by atoms with Crippen molar-refractivity contribution in [1.29, 1.82) is 0 Å². The van der Waals surface area contributed by atoms with Crippen molar-refractivity contribution < 1.29 is 22.7 Å². The minimum Gasteiger partial charge on any atom is -0.462 e. The normalized spacial score (nSPS) is 12.0. The van der Waals surface area contributed by atoms with E-state index >= 15 is 0 Å². The Morgan fingerprint density at radius 3 is 2.31 bits per heavy atom. The largest absolute Gasteiger partial charge is 0.462 e. The number of anilines is 1. The third-order valence-electron chi connectivity index (χ3n) is 4.47. The van der Waals surface area contributed by atoms with Gasteiger partial charge >= 0.3 is 11.7 Å². The molecule has 0 aliphatic heterocycles. The highest BCUT2D eigenvalue weighted by molar-refractivity contribution is 7.92. The molecule has 2 aromatic heterocycles. The first-order valence-corrected chi connectivity index (χ1v) is 11.2. The fourth-order valence-electron chi connectivity index (χ4n) is 2.69. The maximum Gasteiger partial charge on any atom is 0.367 e. The first-order valence-electron chi connectivity index (χ1n) is 9.72. The lowest BCUT2D eigenvalue weighted by molar-refractivity contribution is -0.117. The first kappa shape index (κ1) is 23.1. The molecule has 1 amide bonds. The lowest BCUT2D eigenvalue weighted by Gasteiger charge is -2.17. The van der Waals surface area contributed by atoms with Gasteiger partial charge in [0.2, 0.25) is 15.7 Å². The third kappa shape index (κ3) is 4.54. The molecule has 3 aromatic rings. The van der Waals surface area contributed by atoms with E-state index in [0.29, 0.717) is 11.3 Å². The molecule has 0 saturated heterocycles. The summed E-state index contributed by atoms with van der Waals surface area (Å²) in [4.78, 5) is 36.6. The van der Waals surface area contributed by atoms with Crippen LogP contribution in [0.1, 0.15) is 38.1 Å². The average molecular weight is 462 g/mol. The highest BCUT2D eigenvalue weighted by Crippen LogP contribution is 2.22. The molecule has 0 aliphatic carbocycles. The second-order valence-corrected chi connectivity index (χ2v) is 10.5. The summed E-state index contributed by atoms with van der Waals surface area (Å²) in [5, 5.41) is 10.3. The van der Waals surface area contributed by atoms with Gasteiger partial charge in [0.15, 0.2) is 10.7 Å². The maximum absolute atomic E-state index is 12.6. The zero-order valence-corrected chi connectivity index (χ0v) is 18.8. The number of rotatable bonds is 6. The van der Waals surface area contributed by atoms with E-state index in [0.717, 1.165) is 9.20 Å². The minimum absolute atomic E-state index is 0.106. The Bertz CT molecular complexity index is 1330. The number of aromatic nitrogens is 4. The van der Waals surface area contributed by atoms with Gasteiger partial charge in [0, 0.05) is 5.69 Å². The van der Waals surface area contributed by atoms with Crippen molar-refractivity contribution in [1.82, 2.24) is 19.4 Å². The number of amides is 1. The van der Waals surface area contributed by atoms with E-state index in [1.807, 2.05) is 0 Å². The Hall–Kier alpha value is -3.54. The lowest BCUT2D eigenvalue weighted by Crippen LogP contribution is -2.31. The summed E-state index contributed by atoms with van der Waals surface area (Å²) >= 11 is 0. The molecule has 12 heteroatoms. The topological polar surface area (TPSA) is 142 Å². The van der Waals surface area contributed by atoms with Gasteiger partial charge < -0.3 is 10.1 Å². The zero-order chi connectivity index (χ0) is 23.7. The third-order valence-corrected chi connectivity index (χ3v) is 6.85. The SMILES string of the molecule is CCOC(=O)c1ccc(NC(=O)Cn2nc3ccc(S(=O)(=O)C(C)(C)C)nn3c2=O)cc1. The van der Waals surface area contributed by atoms with Crippen LogP contribution < -0.4 is 11.0 Å². The second kappa shape index (κ2) is 8.54. The van der Waals surface area contributed by atoms with Crippen LogP contribution in [0.25, 0.3) is 5.65 Å². The van der Waals surface area contributed by atoms with E-state index in [9.17, 15) is 22.8 Å². The fourth-order valence-corrected chi connectivity index (χ4v) is 3.76. The van der Waals surface area contributed by atoms with Crippen LogP contribution in [-0.4, -0.2) is 51.0 Å². The van der Waals surface area contributed by atoms with Crippen LogP contribution >= 0.6 is 0 Å². The molecule has 170 valence electrons. The Kier molecular flexibility index (Phi) is 6.17. The van der Waals surface area contributed by atoms with Crippen molar-refractivity contribution >= 4 is 33.0 Å². The molecule has 0 saturated carbocycles. The smallest absolute Gasteiger partial charge is 0.367 e. The number of hydrogen-bond acceptors (Lipinski definition) is 8. The number of benzene rings is 1. The van der Waals surface area contributed by atoms with Gasteiger partial charge in [-0.3, -0.25) is 4.79 Å². The molecule has 1 aromatic carbocycles. The van der Waals surface area contributed by atoms with E-state index in [4.69, 9.17) is 4.74 Å². The van der Waals surface area contributed by atoms with E-state index in [1.54, 1.807) is 6.92 Å². The predicted molar refractivity (Wildman–Crippen MR) is 115 cm³/mol. The highest BCUT2D eigenvalue weighted by atomic mass is 32.2. The maximum atomic E-state index is 12.6. The Labute approximate surface area is 183 Å².